The minimum atomic E-state index is 0. The zero-order valence-electron chi connectivity index (χ0n) is 14.0. The van der Waals surface area contributed by atoms with Gasteiger partial charge in [0, 0.05) is 31.2 Å². The molecular formula is C16H30IN3OS. The first-order valence-corrected chi connectivity index (χ1v) is 8.78. The van der Waals surface area contributed by atoms with Crippen LogP contribution in [0.15, 0.2) is 16.4 Å². The summed E-state index contributed by atoms with van der Waals surface area (Å²) in [7, 11) is 0. The third kappa shape index (κ3) is 9.63. The lowest BCUT2D eigenvalue weighted by Gasteiger charge is -2.11. The van der Waals surface area contributed by atoms with E-state index in [9.17, 15) is 0 Å². The fraction of sp³-hybridized carbons (Fsp3) is 0.688. The van der Waals surface area contributed by atoms with Crippen LogP contribution in [0.25, 0.3) is 0 Å². The highest BCUT2D eigenvalue weighted by molar-refractivity contribution is 14.0. The number of guanidine groups is 1. The van der Waals surface area contributed by atoms with Gasteiger partial charge in [0.2, 0.25) is 0 Å². The molecule has 0 atom stereocenters. The number of aliphatic imine (C=N–C) groups is 1. The first-order valence-electron chi connectivity index (χ1n) is 7.90. The van der Waals surface area contributed by atoms with Gasteiger partial charge in [-0.25, -0.2) is 4.99 Å². The van der Waals surface area contributed by atoms with E-state index in [1.165, 1.54) is 16.9 Å². The summed E-state index contributed by atoms with van der Waals surface area (Å²) in [5.41, 5.74) is 1.32. The Morgan fingerprint density at radius 3 is 2.64 bits per heavy atom. The Bertz CT molecular complexity index is 410. The van der Waals surface area contributed by atoms with E-state index in [4.69, 9.17) is 4.74 Å². The van der Waals surface area contributed by atoms with Crippen LogP contribution in [-0.2, 0) is 11.3 Å². The topological polar surface area (TPSA) is 45.6 Å². The van der Waals surface area contributed by atoms with Gasteiger partial charge in [0.05, 0.1) is 6.54 Å². The molecule has 0 radical (unpaired) electrons. The molecule has 128 valence electrons. The van der Waals surface area contributed by atoms with Gasteiger partial charge in [-0.3, -0.25) is 0 Å². The second-order valence-corrected chi connectivity index (χ2v) is 5.97. The van der Waals surface area contributed by atoms with Crippen molar-refractivity contribution < 1.29 is 4.74 Å². The molecule has 0 aliphatic carbocycles. The maximum atomic E-state index is 5.55. The van der Waals surface area contributed by atoms with Crippen LogP contribution < -0.4 is 10.6 Å². The zero-order valence-corrected chi connectivity index (χ0v) is 17.1. The molecule has 0 aliphatic rings. The molecule has 0 amide bonds. The summed E-state index contributed by atoms with van der Waals surface area (Å²) in [5, 5.41) is 8.75. The van der Waals surface area contributed by atoms with Crippen molar-refractivity contribution in [3.8, 4) is 0 Å². The van der Waals surface area contributed by atoms with Crippen LogP contribution in [0.5, 0.6) is 0 Å². The van der Waals surface area contributed by atoms with Crippen molar-refractivity contribution >= 4 is 41.3 Å². The van der Waals surface area contributed by atoms with Crippen LogP contribution in [0, 0.1) is 6.92 Å². The fourth-order valence-corrected chi connectivity index (χ4v) is 2.62. The van der Waals surface area contributed by atoms with Crippen LogP contribution in [-0.4, -0.2) is 32.3 Å². The van der Waals surface area contributed by atoms with E-state index in [1.54, 1.807) is 11.3 Å². The summed E-state index contributed by atoms with van der Waals surface area (Å²) in [4.78, 5) is 5.96. The molecule has 0 saturated carbocycles. The second-order valence-electron chi connectivity index (χ2n) is 4.97. The Balaban J connectivity index is 0.00000441. The smallest absolute Gasteiger partial charge is 0.191 e. The molecule has 0 saturated heterocycles. The quantitative estimate of drug-likeness (QED) is 0.251. The Morgan fingerprint density at radius 2 is 2.00 bits per heavy atom. The van der Waals surface area contributed by atoms with Crippen molar-refractivity contribution in [2.45, 2.75) is 46.6 Å². The van der Waals surface area contributed by atoms with Crippen molar-refractivity contribution in [1.29, 1.82) is 0 Å². The summed E-state index contributed by atoms with van der Waals surface area (Å²) in [6.07, 6.45) is 3.35. The third-order valence-corrected chi connectivity index (χ3v) is 4.10. The van der Waals surface area contributed by atoms with Crippen LogP contribution in [0.4, 0.5) is 0 Å². The summed E-state index contributed by atoms with van der Waals surface area (Å²) in [6.45, 7) is 10.6. The molecule has 0 unspecified atom stereocenters. The Kier molecular flexibility index (Phi) is 14.0. The van der Waals surface area contributed by atoms with Gasteiger partial charge in [0.1, 0.15) is 0 Å². The highest BCUT2D eigenvalue weighted by Crippen LogP contribution is 2.16. The maximum absolute atomic E-state index is 5.55. The molecule has 0 spiro atoms. The van der Waals surface area contributed by atoms with E-state index in [-0.39, 0.29) is 24.0 Å². The molecule has 1 heterocycles. The Labute approximate surface area is 156 Å². The van der Waals surface area contributed by atoms with Crippen LogP contribution in [0.2, 0.25) is 0 Å². The number of hydrogen-bond acceptors (Lipinski definition) is 3. The average Bonchev–Trinajstić information content (AvgIpc) is 2.89. The van der Waals surface area contributed by atoms with E-state index in [0.29, 0.717) is 0 Å². The van der Waals surface area contributed by atoms with E-state index < -0.39 is 0 Å². The van der Waals surface area contributed by atoms with E-state index in [1.807, 2.05) is 0 Å². The molecule has 1 aromatic heterocycles. The molecular weight excluding hydrogens is 409 g/mol. The fourth-order valence-electron chi connectivity index (χ4n) is 1.79. The summed E-state index contributed by atoms with van der Waals surface area (Å²) < 4.78 is 5.55. The highest BCUT2D eigenvalue weighted by Gasteiger charge is 2.00. The van der Waals surface area contributed by atoms with Crippen LogP contribution >= 0.6 is 35.3 Å². The van der Waals surface area contributed by atoms with Crippen molar-refractivity contribution in [3.63, 3.8) is 0 Å². The van der Waals surface area contributed by atoms with Gasteiger partial charge in [-0.1, -0.05) is 13.3 Å². The molecule has 1 rings (SSSR count). The monoisotopic (exact) mass is 439 g/mol. The van der Waals surface area contributed by atoms with Crippen molar-refractivity contribution in [1.82, 2.24) is 10.6 Å². The predicted octanol–water partition coefficient (Wildman–Crippen LogP) is 3.94. The zero-order chi connectivity index (χ0) is 15.3. The van der Waals surface area contributed by atoms with Crippen LogP contribution in [0.1, 0.15) is 43.6 Å². The number of thiophene rings is 1. The maximum Gasteiger partial charge on any atom is 0.191 e. The number of nitrogens with one attached hydrogen (secondary N) is 2. The minimum Gasteiger partial charge on any atom is -0.381 e. The summed E-state index contributed by atoms with van der Waals surface area (Å²) in [5.74, 6) is 0.888. The van der Waals surface area contributed by atoms with Gasteiger partial charge < -0.3 is 15.4 Å². The first kappa shape index (κ1) is 21.7. The second kappa shape index (κ2) is 14.3. The molecule has 6 heteroatoms. The van der Waals surface area contributed by atoms with E-state index in [0.717, 1.165) is 51.6 Å². The lowest BCUT2D eigenvalue weighted by Crippen LogP contribution is -2.38. The number of halogens is 1. The third-order valence-electron chi connectivity index (χ3n) is 3.09. The van der Waals surface area contributed by atoms with Gasteiger partial charge in [-0.05, 0) is 43.7 Å². The van der Waals surface area contributed by atoms with E-state index >= 15 is 0 Å². The predicted molar refractivity (Wildman–Crippen MR) is 108 cm³/mol. The molecule has 2 N–H and O–H groups in total. The van der Waals surface area contributed by atoms with Crippen molar-refractivity contribution in [2.75, 3.05) is 26.3 Å². The first-order chi connectivity index (χ1) is 10.3. The molecule has 0 aromatic carbocycles. The molecule has 4 nitrogen and oxygen atoms in total. The number of rotatable bonds is 10. The largest absolute Gasteiger partial charge is 0.381 e. The SMILES string of the molecule is CCCCOCCCNC(=NCc1sccc1C)NCC.I. The number of hydrogen-bond donors (Lipinski definition) is 2. The van der Waals surface area contributed by atoms with Crippen molar-refractivity contribution in [3.05, 3.63) is 21.9 Å². The number of aryl methyl sites for hydroxylation is 1. The summed E-state index contributed by atoms with van der Waals surface area (Å²) >= 11 is 1.77. The van der Waals surface area contributed by atoms with Gasteiger partial charge in [0.15, 0.2) is 5.96 Å². The standard InChI is InChI=1S/C16H29N3OS.HI/c1-4-6-10-20-11-7-9-18-16(17-5-2)19-13-15-14(3)8-12-21-15;/h8,12H,4-7,9-11,13H2,1-3H3,(H2,17,18,19);1H. The minimum absolute atomic E-state index is 0. The normalized spacial score (nSPS) is 11.1. The van der Waals surface area contributed by atoms with Gasteiger partial charge in [0.25, 0.3) is 0 Å². The molecule has 1 aromatic rings. The molecule has 22 heavy (non-hydrogen) atoms. The number of unbranched alkanes of at least 4 members (excludes halogenated alkanes) is 1. The van der Waals surface area contributed by atoms with E-state index in [2.05, 4.69) is 47.8 Å². The van der Waals surface area contributed by atoms with Crippen molar-refractivity contribution in [2.24, 2.45) is 4.99 Å². The number of nitrogens with zero attached hydrogens (tertiary/aromatic N) is 1. The molecule has 0 bridgehead atoms. The molecule has 0 aliphatic heterocycles. The lowest BCUT2D eigenvalue weighted by molar-refractivity contribution is 0.129. The lowest BCUT2D eigenvalue weighted by atomic mass is 10.3. The van der Waals surface area contributed by atoms with Crippen LogP contribution in [0.3, 0.4) is 0 Å². The van der Waals surface area contributed by atoms with Gasteiger partial charge >= 0.3 is 0 Å². The Morgan fingerprint density at radius 1 is 1.23 bits per heavy atom. The highest BCUT2D eigenvalue weighted by atomic mass is 127. The van der Waals surface area contributed by atoms with Gasteiger partial charge in [-0.15, -0.1) is 35.3 Å². The molecule has 0 fully saturated rings. The average molecular weight is 439 g/mol. The van der Waals surface area contributed by atoms with Gasteiger partial charge in [-0.2, -0.15) is 0 Å². The summed E-state index contributed by atoms with van der Waals surface area (Å²) in [6, 6.07) is 2.14. The Hall–Kier alpha value is -0.340. The number of ether oxygens (including phenoxy) is 1.